The third-order valence-electron chi connectivity index (χ3n) is 3.08. The summed E-state index contributed by atoms with van der Waals surface area (Å²) in [5, 5.41) is 0. The van der Waals surface area contributed by atoms with Gasteiger partial charge in [0.1, 0.15) is 5.82 Å². The van der Waals surface area contributed by atoms with E-state index in [9.17, 15) is 0 Å². The molecule has 3 heteroatoms. The van der Waals surface area contributed by atoms with Gasteiger partial charge in [0.05, 0.1) is 0 Å². The van der Waals surface area contributed by atoms with Crippen LogP contribution in [0.1, 0.15) is 19.0 Å². The van der Waals surface area contributed by atoms with E-state index in [1.165, 1.54) is 0 Å². The minimum atomic E-state index is 0.257. The number of halogens is 1. The van der Waals surface area contributed by atoms with E-state index in [1.807, 2.05) is 13.0 Å². The molecule has 2 rings (SSSR count). The van der Waals surface area contributed by atoms with E-state index in [2.05, 4.69) is 28.9 Å². The maximum absolute atomic E-state index is 5.99. The Morgan fingerprint density at radius 3 is 2.93 bits per heavy atom. The van der Waals surface area contributed by atoms with Crippen molar-refractivity contribution >= 4 is 17.4 Å². The van der Waals surface area contributed by atoms with Crippen LogP contribution in [0.2, 0.25) is 0 Å². The van der Waals surface area contributed by atoms with Crippen molar-refractivity contribution in [3.8, 4) is 0 Å². The van der Waals surface area contributed by atoms with Gasteiger partial charge in [-0.25, -0.2) is 4.98 Å². The molecule has 1 aliphatic rings. The summed E-state index contributed by atoms with van der Waals surface area (Å²) in [7, 11) is 0. The molecule has 0 aromatic carbocycles. The molecular formula is C12H17ClN2. The van der Waals surface area contributed by atoms with Gasteiger partial charge in [-0.1, -0.05) is 13.0 Å². The Hall–Kier alpha value is -0.760. The molecule has 0 bridgehead atoms. The summed E-state index contributed by atoms with van der Waals surface area (Å²) in [6, 6.07) is 6.17. The number of pyridine rings is 1. The average molecular weight is 225 g/mol. The maximum atomic E-state index is 5.99. The zero-order valence-corrected chi connectivity index (χ0v) is 10.1. The average Bonchev–Trinajstić information content (AvgIpc) is 2.62. The second-order valence-electron chi connectivity index (χ2n) is 4.75. The van der Waals surface area contributed by atoms with Gasteiger partial charge in [-0.15, -0.1) is 11.6 Å². The van der Waals surface area contributed by atoms with E-state index in [4.69, 9.17) is 11.6 Å². The number of nitrogens with zero attached hydrogens (tertiary/aromatic N) is 2. The zero-order chi connectivity index (χ0) is 10.9. The summed E-state index contributed by atoms with van der Waals surface area (Å²) in [6.07, 6.45) is 1.16. The third-order valence-corrected chi connectivity index (χ3v) is 3.72. The van der Waals surface area contributed by atoms with Crippen molar-refractivity contribution < 1.29 is 0 Å². The SMILES string of the molecule is Cc1cccc(N2CCC(C)(CCl)C2)n1. The van der Waals surface area contributed by atoms with Crippen LogP contribution in [-0.2, 0) is 0 Å². The van der Waals surface area contributed by atoms with Crippen LogP contribution in [0.25, 0.3) is 0 Å². The minimum Gasteiger partial charge on any atom is -0.356 e. The summed E-state index contributed by atoms with van der Waals surface area (Å²) in [5.74, 6) is 1.82. The molecule has 0 amide bonds. The second kappa shape index (κ2) is 4.01. The fourth-order valence-electron chi connectivity index (χ4n) is 2.03. The molecule has 1 atom stereocenters. The predicted molar refractivity (Wildman–Crippen MR) is 64.6 cm³/mol. The van der Waals surface area contributed by atoms with Crippen molar-refractivity contribution in [3.63, 3.8) is 0 Å². The van der Waals surface area contributed by atoms with E-state index < -0.39 is 0 Å². The van der Waals surface area contributed by atoms with E-state index in [-0.39, 0.29) is 5.41 Å². The lowest BCUT2D eigenvalue weighted by molar-refractivity contribution is 0.425. The van der Waals surface area contributed by atoms with Gasteiger partial charge in [0.15, 0.2) is 0 Å². The first-order valence-electron chi connectivity index (χ1n) is 5.38. The predicted octanol–water partition coefficient (Wildman–Crippen LogP) is 2.85. The van der Waals surface area contributed by atoms with Crippen molar-refractivity contribution in [1.29, 1.82) is 0 Å². The first-order chi connectivity index (χ1) is 7.13. The minimum absolute atomic E-state index is 0.257. The molecule has 15 heavy (non-hydrogen) atoms. The van der Waals surface area contributed by atoms with Crippen molar-refractivity contribution in [1.82, 2.24) is 4.98 Å². The highest BCUT2D eigenvalue weighted by Crippen LogP contribution is 2.33. The number of rotatable bonds is 2. The molecule has 1 unspecified atom stereocenters. The number of alkyl halides is 1. The van der Waals surface area contributed by atoms with Crippen LogP contribution in [0.4, 0.5) is 5.82 Å². The third kappa shape index (κ3) is 2.25. The highest BCUT2D eigenvalue weighted by Gasteiger charge is 2.33. The first-order valence-corrected chi connectivity index (χ1v) is 5.91. The van der Waals surface area contributed by atoms with E-state index in [0.717, 1.165) is 36.9 Å². The fourth-order valence-corrected chi connectivity index (χ4v) is 2.25. The van der Waals surface area contributed by atoms with Crippen molar-refractivity contribution in [2.45, 2.75) is 20.3 Å². The molecule has 82 valence electrons. The van der Waals surface area contributed by atoms with Gasteiger partial charge >= 0.3 is 0 Å². The number of aryl methyl sites for hydroxylation is 1. The van der Waals surface area contributed by atoms with Crippen LogP contribution in [0.3, 0.4) is 0 Å². The zero-order valence-electron chi connectivity index (χ0n) is 9.33. The quantitative estimate of drug-likeness (QED) is 0.719. The molecule has 1 saturated heterocycles. The van der Waals surface area contributed by atoms with Gasteiger partial charge in [0, 0.05) is 30.1 Å². The summed E-state index contributed by atoms with van der Waals surface area (Å²) < 4.78 is 0. The standard InChI is InChI=1S/C12H17ClN2/c1-10-4-3-5-11(14-10)15-7-6-12(2,8-13)9-15/h3-5H,6-9H2,1-2H3. The summed E-state index contributed by atoms with van der Waals surface area (Å²) >= 11 is 5.99. The normalized spacial score (nSPS) is 25.9. The topological polar surface area (TPSA) is 16.1 Å². The van der Waals surface area contributed by atoms with E-state index in [0.29, 0.717) is 0 Å². The molecule has 0 spiro atoms. The molecule has 1 aromatic heterocycles. The van der Waals surface area contributed by atoms with Gasteiger partial charge in [0.2, 0.25) is 0 Å². The second-order valence-corrected chi connectivity index (χ2v) is 5.02. The molecule has 0 saturated carbocycles. The molecule has 2 heterocycles. The number of hydrogen-bond acceptors (Lipinski definition) is 2. The van der Waals surface area contributed by atoms with Crippen LogP contribution in [0, 0.1) is 12.3 Å². The van der Waals surface area contributed by atoms with E-state index >= 15 is 0 Å². The number of hydrogen-bond donors (Lipinski definition) is 0. The Morgan fingerprint density at radius 1 is 1.53 bits per heavy atom. The van der Waals surface area contributed by atoms with E-state index in [1.54, 1.807) is 0 Å². The lowest BCUT2D eigenvalue weighted by atomic mass is 9.93. The van der Waals surface area contributed by atoms with Gasteiger partial charge in [-0.05, 0) is 25.5 Å². The van der Waals surface area contributed by atoms with Crippen LogP contribution in [0.5, 0.6) is 0 Å². The monoisotopic (exact) mass is 224 g/mol. The van der Waals surface area contributed by atoms with Crippen LogP contribution >= 0.6 is 11.6 Å². The van der Waals surface area contributed by atoms with Gasteiger partial charge in [0.25, 0.3) is 0 Å². The highest BCUT2D eigenvalue weighted by atomic mass is 35.5. The Bertz CT molecular complexity index is 353. The molecule has 1 fully saturated rings. The number of aromatic nitrogens is 1. The molecule has 2 nitrogen and oxygen atoms in total. The smallest absolute Gasteiger partial charge is 0.128 e. The van der Waals surface area contributed by atoms with Crippen LogP contribution < -0.4 is 4.90 Å². The summed E-state index contributed by atoms with van der Waals surface area (Å²) in [5.41, 5.74) is 1.33. The Labute approximate surface area is 96.3 Å². The lowest BCUT2D eigenvalue weighted by Crippen LogP contribution is -2.26. The van der Waals surface area contributed by atoms with Gasteiger partial charge in [-0.2, -0.15) is 0 Å². The number of anilines is 1. The molecule has 0 N–H and O–H groups in total. The van der Waals surface area contributed by atoms with Crippen molar-refractivity contribution in [2.75, 3.05) is 23.9 Å². The van der Waals surface area contributed by atoms with Crippen LogP contribution in [-0.4, -0.2) is 24.0 Å². The van der Waals surface area contributed by atoms with Crippen LogP contribution in [0.15, 0.2) is 18.2 Å². The molecular weight excluding hydrogens is 208 g/mol. The molecule has 1 aliphatic heterocycles. The van der Waals surface area contributed by atoms with Gasteiger partial charge in [-0.3, -0.25) is 0 Å². The lowest BCUT2D eigenvalue weighted by Gasteiger charge is -2.22. The molecule has 0 radical (unpaired) electrons. The Morgan fingerprint density at radius 2 is 2.33 bits per heavy atom. The summed E-state index contributed by atoms with van der Waals surface area (Å²) in [4.78, 5) is 6.87. The molecule has 1 aromatic rings. The van der Waals surface area contributed by atoms with Crippen molar-refractivity contribution in [2.24, 2.45) is 5.41 Å². The largest absolute Gasteiger partial charge is 0.356 e. The Balaban J connectivity index is 2.14. The van der Waals surface area contributed by atoms with Gasteiger partial charge < -0.3 is 4.90 Å². The first kappa shape index (κ1) is 10.7. The maximum Gasteiger partial charge on any atom is 0.128 e. The highest BCUT2D eigenvalue weighted by molar-refractivity contribution is 6.18. The molecule has 0 aliphatic carbocycles. The van der Waals surface area contributed by atoms with Crippen molar-refractivity contribution in [3.05, 3.63) is 23.9 Å². The fraction of sp³-hybridized carbons (Fsp3) is 0.583. The Kier molecular flexibility index (Phi) is 2.87. The summed E-state index contributed by atoms with van der Waals surface area (Å²) in [6.45, 7) is 6.36.